The topological polar surface area (TPSA) is 88.4 Å². The molecule has 0 atom stereocenters. The standard InChI is InChI=1S/C21H21N3O4/c1-14-11-17(12-20(25)27-14)28-16-7-9-24(10-8-16)21(26)19-13-18(22-23-19)15-5-3-2-4-6-15/h2-6,11-13,16H,7-10H2,1H3,(H,22,23). The van der Waals surface area contributed by atoms with E-state index in [0.717, 1.165) is 11.3 Å². The molecule has 1 aliphatic rings. The number of amides is 1. The number of hydrogen-bond acceptors (Lipinski definition) is 5. The molecule has 1 aromatic carbocycles. The van der Waals surface area contributed by atoms with Crippen LogP contribution in [0.15, 0.2) is 57.7 Å². The molecule has 1 N–H and O–H groups in total. The van der Waals surface area contributed by atoms with E-state index in [0.29, 0.717) is 43.1 Å². The first-order valence-corrected chi connectivity index (χ1v) is 9.27. The molecule has 1 aliphatic heterocycles. The van der Waals surface area contributed by atoms with Crippen molar-refractivity contribution in [2.24, 2.45) is 0 Å². The molecule has 1 fully saturated rings. The molecule has 28 heavy (non-hydrogen) atoms. The highest BCUT2D eigenvalue weighted by molar-refractivity contribution is 5.93. The van der Waals surface area contributed by atoms with Crippen LogP contribution in [0.1, 0.15) is 29.1 Å². The van der Waals surface area contributed by atoms with E-state index >= 15 is 0 Å². The first-order chi connectivity index (χ1) is 13.6. The summed E-state index contributed by atoms with van der Waals surface area (Å²) in [4.78, 5) is 26.0. The third-order valence-electron chi connectivity index (χ3n) is 4.78. The monoisotopic (exact) mass is 379 g/mol. The minimum Gasteiger partial charge on any atom is -0.490 e. The highest BCUT2D eigenvalue weighted by atomic mass is 16.5. The predicted molar refractivity (Wildman–Crippen MR) is 103 cm³/mol. The summed E-state index contributed by atoms with van der Waals surface area (Å²) in [6, 6.07) is 14.6. The zero-order valence-electron chi connectivity index (χ0n) is 15.6. The van der Waals surface area contributed by atoms with E-state index in [1.165, 1.54) is 6.07 Å². The zero-order chi connectivity index (χ0) is 19.5. The summed E-state index contributed by atoms with van der Waals surface area (Å²) in [5.74, 6) is 0.965. The molecule has 0 saturated carbocycles. The van der Waals surface area contributed by atoms with Crippen LogP contribution in [0.2, 0.25) is 0 Å². The van der Waals surface area contributed by atoms with Crippen LogP contribution in [0, 0.1) is 6.92 Å². The van der Waals surface area contributed by atoms with Gasteiger partial charge in [0.15, 0.2) is 0 Å². The van der Waals surface area contributed by atoms with Crippen molar-refractivity contribution in [3.63, 3.8) is 0 Å². The van der Waals surface area contributed by atoms with E-state index in [1.807, 2.05) is 30.3 Å². The fraction of sp³-hybridized carbons (Fsp3) is 0.286. The molecule has 0 spiro atoms. The van der Waals surface area contributed by atoms with Crippen molar-refractivity contribution < 1.29 is 13.9 Å². The molecule has 1 amide bonds. The van der Waals surface area contributed by atoms with Crippen molar-refractivity contribution >= 4 is 5.91 Å². The lowest BCUT2D eigenvalue weighted by molar-refractivity contribution is 0.0589. The zero-order valence-corrected chi connectivity index (χ0v) is 15.6. The Morgan fingerprint density at radius 1 is 1.18 bits per heavy atom. The van der Waals surface area contributed by atoms with E-state index in [4.69, 9.17) is 9.15 Å². The highest BCUT2D eigenvalue weighted by Gasteiger charge is 2.26. The van der Waals surface area contributed by atoms with E-state index in [2.05, 4.69) is 10.2 Å². The molecule has 3 aromatic rings. The summed E-state index contributed by atoms with van der Waals surface area (Å²) >= 11 is 0. The minimum atomic E-state index is -0.420. The number of nitrogens with one attached hydrogen (secondary N) is 1. The smallest absolute Gasteiger partial charge is 0.339 e. The number of rotatable bonds is 4. The summed E-state index contributed by atoms with van der Waals surface area (Å²) < 4.78 is 10.8. The van der Waals surface area contributed by atoms with Gasteiger partial charge >= 0.3 is 5.63 Å². The fourth-order valence-corrected chi connectivity index (χ4v) is 3.37. The fourth-order valence-electron chi connectivity index (χ4n) is 3.37. The van der Waals surface area contributed by atoms with Crippen molar-refractivity contribution in [3.05, 3.63) is 70.4 Å². The molecule has 3 heterocycles. The van der Waals surface area contributed by atoms with Crippen molar-refractivity contribution in [1.29, 1.82) is 0 Å². The van der Waals surface area contributed by atoms with E-state index in [9.17, 15) is 9.59 Å². The van der Waals surface area contributed by atoms with Gasteiger partial charge in [0.05, 0.1) is 11.8 Å². The van der Waals surface area contributed by atoms with Crippen LogP contribution in [0.25, 0.3) is 11.3 Å². The molecule has 0 bridgehead atoms. The van der Waals surface area contributed by atoms with E-state index < -0.39 is 5.63 Å². The number of aromatic nitrogens is 2. The van der Waals surface area contributed by atoms with Crippen LogP contribution in [0.4, 0.5) is 0 Å². The van der Waals surface area contributed by atoms with E-state index in [-0.39, 0.29) is 12.0 Å². The quantitative estimate of drug-likeness (QED) is 0.753. The lowest BCUT2D eigenvalue weighted by atomic mass is 10.1. The van der Waals surface area contributed by atoms with Crippen LogP contribution in [0.5, 0.6) is 5.75 Å². The molecular weight excluding hydrogens is 358 g/mol. The Labute approximate surface area is 161 Å². The van der Waals surface area contributed by atoms with Crippen LogP contribution in [-0.2, 0) is 0 Å². The number of likely N-dealkylation sites (tertiary alicyclic amines) is 1. The Kier molecular flexibility index (Phi) is 4.97. The molecule has 0 radical (unpaired) electrons. The largest absolute Gasteiger partial charge is 0.490 e. The van der Waals surface area contributed by atoms with Crippen LogP contribution >= 0.6 is 0 Å². The van der Waals surface area contributed by atoms with Crippen LogP contribution < -0.4 is 10.4 Å². The number of carbonyl (C=O) groups is 1. The Balaban J connectivity index is 1.36. The maximum Gasteiger partial charge on any atom is 0.339 e. The third kappa shape index (κ3) is 3.98. The van der Waals surface area contributed by atoms with Crippen molar-refractivity contribution in [3.8, 4) is 17.0 Å². The van der Waals surface area contributed by atoms with Gasteiger partial charge in [-0.15, -0.1) is 0 Å². The van der Waals surface area contributed by atoms with Gasteiger partial charge in [-0.25, -0.2) is 4.79 Å². The average Bonchev–Trinajstić information content (AvgIpc) is 3.18. The van der Waals surface area contributed by atoms with Crippen molar-refractivity contribution in [2.45, 2.75) is 25.9 Å². The summed E-state index contributed by atoms with van der Waals surface area (Å²) in [6.45, 7) is 2.89. The molecule has 0 unspecified atom stereocenters. The maximum absolute atomic E-state index is 12.8. The lowest BCUT2D eigenvalue weighted by Crippen LogP contribution is -2.42. The Bertz CT molecular complexity index is 1020. The minimum absolute atomic E-state index is 0.0353. The number of H-pyrrole nitrogens is 1. The number of aromatic amines is 1. The number of hydrogen-bond donors (Lipinski definition) is 1. The number of aryl methyl sites for hydroxylation is 1. The number of nitrogens with zero attached hydrogens (tertiary/aromatic N) is 2. The molecule has 2 aromatic heterocycles. The molecule has 0 aliphatic carbocycles. The molecule has 1 saturated heterocycles. The Morgan fingerprint density at radius 3 is 2.64 bits per heavy atom. The van der Waals surface area contributed by atoms with Crippen LogP contribution in [0.3, 0.4) is 0 Å². The van der Waals surface area contributed by atoms with Crippen molar-refractivity contribution in [1.82, 2.24) is 15.1 Å². The summed E-state index contributed by atoms with van der Waals surface area (Å²) in [5, 5.41) is 7.10. The number of ether oxygens (including phenoxy) is 1. The number of benzene rings is 1. The average molecular weight is 379 g/mol. The van der Waals surface area contributed by atoms with Gasteiger partial charge in [0.1, 0.15) is 23.3 Å². The molecule has 4 rings (SSSR count). The van der Waals surface area contributed by atoms with Gasteiger partial charge in [-0.05, 0) is 13.0 Å². The Morgan fingerprint density at radius 2 is 1.93 bits per heavy atom. The van der Waals surface area contributed by atoms with Gasteiger partial charge in [0.25, 0.3) is 5.91 Å². The normalized spacial score (nSPS) is 14.8. The van der Waals surface area contributed by atoms with Gasteiger partial charge < -0.3 is 14.1 Å². The first-order valence-electron chi connectivity index (χ1n) is 9.27. The van der Waals surface area contributed by atoms with Gasteiger partial charge in [0.2, 0.25) is 0 Å². The summed E-state index contributed by atoms with van der Waals surface area (Å²) in [6.07, 6.45) is 1.36. The van der Waals surface area contributed by atoms with Gasteiger partial charge in [-0.1, -0.05) is 30.3 Å². The molecule has 7 nitrogen and oxygen atoms in total. The SMILES string of the molecule is Cc1cc(OC2CCN(C(=O)c3cc(-c4ccccc4)n[nH]3)CC2)cc(=O)o1. The number of carbonyl (C=O) groups excluding carboxylic acids is 1. The summed E-state index contributed by atoms with van der Waals surface area (Å²) in [7, 11) is 0. The van der Waals surface area contributed by atoms with Gasteiger partial charge in [0, 0.05) is 37.6 Å². The molecule has 7 heteroatoms. The van der Waals surface area contributed by atoms with Crippen molar-refractivity contribution in [2.75, 3.05) is 13.1 Å². The second kappa shape index (κ2) is 7.72. The lowest BCUT2D eigenvalue weighted by Gasteiger charge is -2.31. The second-order valence-electron chi connectivity index (χ2n) is 6.87. The Hall–Kier alpha value is -3.35. The first kappa shape index (κ1) is 18.0. The van der Waals surface area contributed by atoms with E-state index in [1.54, 1.807) is 24.0 Å². The maximum atomic E-state index is 12.8. The third-order valence-corrected chi connectivity index (χ3v) is 4.78. The second-order valence-corrected chi connectivity index (χ2v) is 6.87. The van der Waals surface area contributed by atoms with Crippen LogP contribution in [-0.4, -0.2) is 40.2 Å². The van der Waals surface area contributed by atoms with Gasteiger partial charge in [-0.3, -0.25) is 9.89 Å². The molecule has 144 valence electrons. The highest BCUT2D eigenvalue weighted by Crippen LogP contribution is 2.21. The summed E-state index contributed by atoms with van der Waals surface area (Å²) in [5.41, 5.74) is 1.78. The number of piperidine rings is 1. The predicted octanol–water partition coefficient (Wildman–Crippen LogP) is 3.02. The molecular formula is C21H21N3O4. The van der Waals surface area contributed by atoms with Gasteiger partial charge in [-0.2, -0.15) is 5.10 Å².